The van der Waals surface area contributed by atoms with Crippen LogP contribution in [0.15, 0.2) is 0 Å². The molecular formula is C2H6ClNO2Zn+2. The third-order valence-corrected chi connectivity index (χ3v) is 0.175. The summed E-state index contributed by atoms with van der Waals surface area (Å²) >= 11 is 0. The summed E-state index contributed by atoms with van der Waals surface area (Å²) in [5.41, 5.74) is 4.57. The van der Waals surface area contributed by atoms with Crippen LogP contribution in [0.5, 0.6) is 0 Å². The van der Waals surface area contributed by atoms with Gasteiger partial charge in [0.25, 0.3) is 0 Å². The Labute approximate surface area is 60.4 Å². The van der Waals surface area contributed by atoms with Crippen LogP contribution in [0.4, 0.5) is 0 Å². The fourth-order valence-corrected chi connectivity index (χ4v) is 0. The van der Waals surface area contributed by atoms with Crippen molar-refractivity contribution in [2.75, 3.05) is 6.54 Å². The van der Waals surface area contributed by atoms with Gasteiger partial charge in [-0.25, -0.2) is 0 Å². The van der Waals surface area contributed by atoms with Gasteiger partial charge in [-0.1, -0.05) is 0 Å². The molecule has 0 atom stereocenters. The summed E-state index contributed by atoms with van der Waals surface area (Å²) in [6.07, 6.45) is 0. The van der Waals surface area contributed by atoms with Gasteiger partial charge in [0.1, 0.15) is 0 Å². The van der Waals surface area contributed by atoms with Crippen LogP contribution in [0.3, 0.4) is 0 Å². The number of rotatable bonds is 1. The molecule has 0 unspecified atom stereocenters. The van der Waals surface area contributed by atoms with E-state index in [0.29, 0.717) is 0 Å². The first-order valence-corrected chi connectivity index (χ1v) is 1.19. The number of carboxylic acid groups (broad SMARTS) is 1. The van der Waals surface area contributed by atoms with Crippen molar-refractivity contribution in [2.45, 2.75) is 0 Å². The van der Waals surface area contributed by atoms with Crippen LogP contribution in [-0.2, 0) is 24.3 Å². The molecule has 38 valence electrons. The van der Waals surface area contributed by atoms with Gasteiger partial charge in [-0.2, -0.15) is 0 Å². The molecular weight excluding hydrogens is 171 g/mol. The summed E-state index contributed by atoms with van der Waals surface area (Å²) < 4.78 is 0. The Morgan fingerprint density at radius 3 is 1.86 bits per heavy atom. The predicted octanol–water partition coefficient (Wildman–Crippen LogP) is -0.551. The fraction of sp³-hybridized carbons (Fsp3) is 0.500. The summed E-state index contributed by atoms with van der Waals surface area (Å²) in [6.45, 7) is -0.278. The fourth-order valence-electron chi connectivity index (χ4n) is 0. The molecule has 0 heterocycles. The van der Waals surface area contributed by atoms with Crippen molar-refractivity contribution >= 4 is 18.4 Å². The number of hydrogen-bond donors (Lipinski definition) is 2. The van der Waals surface area contributed by atoms with E-state index in [1.807, 2.05) is 0 Å². The molecule has 0 amide bonds. The maximum absolute atomic E-state index is 9.24. The molecule has 3 nitrogen and oxygen atoms in total. The van der Waals surface area contributed by atoms with Crippen LogP contribution >= 0.6 is 12.4 Å². The maximum Gasteiger partial charge on any atom is 2.00 e. The van der Waals surface area contributed by atoms with E-state index in [1.54, 1.807) is 0 Å². The van der Waals surface area contributed by atoms with E-state index in [2.05, 4.69) is 5.73 Å². The molecule has 0 aliphatic rings. The standard InChI is InChI=1S/C2H5NO2.ClH.Zn/c3-1-2(4)5;;/h1,3H2,(H,4,5);1H;/q;;+2. The SMILES string of the molecule is Cl.NCC(=O)O.[Zn+2]. The second-order valence-corrected chi connectivity index (χ2v) is 0.598. The molecule has 0 bridgehead atoms. The molecule has 0 fully saturated rings. The van der Waals surface area contributed by atoms with Gasteiger partial charge < -0.3 is 10.8 Å². The van der Waals surface area contributed by atoms with Crippen molar-refractivity contribution in [3.05, 3.63) is 0 Å². The molecule has 3 N–H and O–H groups in total. The third-order valence-electron chi connectivity index (χ3n) is 0.175. The van der Waals surface area contributed by atoms with Crippen LogP contribution in [0.1, 0.15) is 0 Å². The van der Waals surface area contributed by atoms with E-state index >= 15 is 0 Å². The van der Waals surface area contributed by atoms with Gasteiger partial charge in [-0.3, -0.25) is 4.79 Å². The van der Waals surface area contributed by atoms with Gasteiger partial charge >= 0.3 is 25.4 Å². The van der Waals surface area contributed by atoms with E-state index in [4.69, 9.17) is 5.11 Å². The van der Waals surface area contributed by atoms with E-state index in [0.717, 1.165) is 0 Å². The Bertz CT molecular complexity index is 51.0. The summed E-state index contributed by atoms with van der Waals surface area (Å²) in [7, 11) is 0. The Morgan fingerprint density at radius 1 is 1.71 bits per heavy atom. The first-order chi connectivity index (χ1) is 2.27. The minimum absolute atomic E-state index is 0. The van der Waals surface area contributed by atoms with Crippen LogP contribution in [-0.4, -0.2) is 17.6 Å². The Balaban J connectivity index is -0.0000000800. The van der Waals surface area contributed by atoms with Crippen molar-refractivity contribution in [1.29, 1.82) is 0 Å². The molecule has 0 saturated heterocycles. The molecule has 0 saturated carbocycles. The monoisotopic (exact) mass is 175 g/mol. The van der Waals surface area contributed by atoms with E-state index in [1.165, 1.54) is 0 Å². The minimum Gasteiger partial charge on any atom is -0.480 e. The maximum atomic E-state index is 9.24. The largest absolute Gasteiger partial charge is 2.00 e. The molecule has 0 aromatic rings. The Morgan fingerprint density at radius 2 is 1.86 bits per heavy atom. The van der Waals surface area contributed by atoms with Gasteiger partial charge in [0, 0.05) is 0 Å². The second kappa shape index (κ2) is 9.60. The van der Waals surface area contributed by atoms with Gasteiger partial charge in [0.15, 0.2) is 0 Å². The number of halogens is 1. The predicted molar refractivity (Wildman–Crippen MR) is 23.9 cm³/mol. The number of carboxylic acids is 1. The van der Waals surface area contributed by atoms with Crippen LogP contribution in [0.2, 0.25) is 0 Å². The van der Waals surface area contributed by atoms with Gasteiger partial charge in [-0.05, 0) is 0 Å². The quantitative estimate of drug-likeness (QED) is 0.528. The number of nitrogens with two attached hydrogens (primary N) is 1. The summed E-state index contributed by atoms with van der Waals surface area (Å²) in [4.78, 5) is 9.24. The zero-order chi connectivity index (χ0) is 4.28. The molecule has 0 aromatic carbocycles. The topological polar surface area (TPSA) is 63.3 Å². The summed E-state index contributed by atoms with van der Waals surface area (Å²) in [5, 5.41) is 7.60. The normalized spacial score (nSPS) is 5.29. The van der Waals surface area contributed by atoms with Gasteiger partial charge in [0.2, 0.25) is 0 Å². The molecule has 0 rings (SSSR count). The molecule has 0 radical (unpaired) electrons. The Hall–Kier alpha value is 0.343. The van der Waals surface area contributed by atoms with Crippen molar-refractivity contribution in [1.82, 2.24) is 0 Å². The van der Waals surface area contributed by atoms with E-state index in [9.17, 15) is 4.79 Å². The van der Waals surface area contributed by atoms with E-state index in [-0.39, 0.29) is 38.4 Å². The molecule has 0 aliphatic heterocycles. The number of aliphatic carboxylic acids is 1. The first kappa shape index (κ1) is 15.7. The molecule has 5 heteroatoms. The third kappa shape index (κ3) is 21.8. The van der Waals surface area contributed by atoms with Crippen LogP contribution < -0.4 is 5.73 Å². The van der Waals surface area contributed by atoms with Crippen molar-refractivity contribution < 1.29 is 29.4 Å². The van der Waals surface area contributed by atoms with Crippen LogP contribution in [0.25, 0.3) is 0 Å². The number of carbonyl (C=O) groups is 1. The van der Waals surface area contributed by atoms with Crippen molar-refractivity contribution in [3.8, 4) is 0 Å². The molecule has 0 aromatic heterocycles. The van der Waals surface area contributed by atoms with Crippen molar-refractivity contribution in [2.24, 2.45) is 5.73 Å². The van der Waals surface area contributed by atoms with E-state index < -0.39 is 5.97 Å². The second-order valence-electron chi connectivity index (χ2n) is 0.598. The van der Waals surface area contributed by atoms with Gasteiger partial charge in [0.05, 0.1) is 6.54 Å². The molecule has 0 aliphatic carbocycles. The summed E-state index contributed by atoms with van der Waals surface area (Å²) in [5.74, 6) is -0.968. The minimum atomic E-state index is -0.968. The summed E-state index contributed by atoms with van der Waals surface area (Å²) in [6, 6.07) is 0. The zero-order valence-corrected chi connectivity index (χ0v) is 7.54. The van der Waals surface area contributed by atoms with Crippen LogP contribution in [0, 0.1) is 0 Å². The smallest absolute Gasteiger partial charge is 0.480 e. The molecule has 7 heavy (non-hydrogen) atoms. The first-order valence-electron chi connectivity index (χ1n) is 1.19. The van der Waals surface area contributed by atoms with Gasteiger partial charge in [-0.15, -0.1) is 12.4 Å². The average molecular weight is 177 g/mol. The molecule has 0 spiro atoms. The van der Waals surface area contributed by atoms with Crippen molar-refractivity contribution in [3.63, 3.8) is 0 Å². The zero-order valence-electron chi connectivity index (χ0n) is 3.76. The average Bonchev–Trinajstić information content (AvgIpc) is 1.38. The Kier molecular flexibility index (Phi) is 21.5. The number of hydrogen-bond acceptors (Lipinski definition) is 2.